The van der Waals surface area contributed by atoms with Crippen molar-refractivity contribution in [3.05, 3.63) is 29.3 Å². The maximum atomic E-state index is 12.1. The van der Waals surface area contributed by atoms with Crippen LogP contribution in [-0.4, -0.2) is 19.0 Å². The summed E-state index contributed by atoms with van der Waals surface area (Å²) in [6, 6.07) is 5.61. The predicted molar refractivity (Wildman–Crippen MR) is 65.3 cm³/mol. The Morgan fingerprint density at radius 3 is 3.00 bits per heavy atom. The number of hydrogen-bond donors (Lipinski definition) is 1. The molecule has 94 valence electrons. The Morgan fingerprint density at radius 2 is 2.33 bits per heavy atom. The van der Waals surface area contributed by atoms with E-state index in [2.05, 4.69) is 4.99 Å². The van der Waals surface area contributed by atoms with Gasteiger partial charge in [0.1, 0.15) is 5.75 Å². The third kappa shape index (κ3) is 1.40. The molecule has 5 nitrogen and oxygen atoms in total. The third-order valence-electron chi connectivity index (χ3n) is 3.56. The second-order valence-electron chi connectivity index (χ2n) is 4.56. The molecule has 3 rings (SSSR count). The van der Waals surface area contributed by atoms with E-state index in [0.29, 0.717) is 6.42 Å². The molecular weight excluding hydrogens is 232 g/mol. The standard InChI is InChI=1S/C13H14N2O3/c1-17-9-4-5-10-8(7-9)3-2-6-13(10)11(16)15-12(14)18-13/h4-5,7H,2-3,6H2,1H3,(H2,14,15,16). The summed E-state index contributed by atoms with van der Waals surface area (Å²) in [6.07, 6.45) is 2.40. The van der Waals surface area contributed by atoms with Gasteiger partial charge in [0, 0.05) is 12.0 Å². The molecule has 1 aromatic carbocycles. The maximum absolute atomic E-state index is 12.1. The molecule has 5 heteroatoms. The van der Waals surface area contributed by atoms with Gasteiger partial charge in [0.25, 0.3) is 11.9 Å². The van der Waals surface area contributed by atoms with Crippen LogP contribution in [0.1, 0.15) is 24.0 Å². The summed E-state index contributed by atoms with van der Waals surface area (Å²) >= 11 is 0. The van der Waals surface area contributed by atoms with Gasteiger partial charge >= 0.3 is 0 Å². The lowest BCUT2D eigenvalue weighted by Crippen LogP contribution is -2.38. The van der Waals surface area contributed by atoms with Gasteiger partial charge in [0.2, 0.25) is 5.60 Å². The molecule has 1 unspecified atom stereocenters. The van der Waals surface area contributed by atoms with Gasteiger partial charge in [-0.15, -0.1) is 0 Å². The monoisotopic (exact) mass is 246 g/mol. The fourth-order valence-corrected chi connectivity index (χ4v) is 2.72. The highest BCUT2D eigenvalue weighted by Crippen LogP contribution is 2.42. The van der Waals surface area contributed by atoms with Crippen molar-refractivity contribution < 1.29 is 14.3 Å². The van der Waals surface area contributed by atoms with E-state index in [0.717, 1.165) is 29.7 Å². The van der Waals surface area contributed by atoms with Gasteiger partial charge in [-0.3, -0.25) is 4.79 Å². The van der Waals surface area contributed by atoms with Crippen LogP contribution in [0.25, 0.3) is 0 Å². The Balaban J connectivity index is 2.11. The summed E-state index contributed by atoms with van der Waals surface area (Å²) in [4.78, 5) is 15.8. The topological polar surface area (TPSA) is 73.9 Å². The molecule has 1 heterocycles. The van der Waals surface area contributed by atoms with Crippen LogP contribution < -0.4 is 10.5 Å². The average molecular weight is 246 g/mol. The van der Waals surface area contributed by atoms with E-state index in [9.17, 15) is 4.79 Å². The Labute approximate surface area is 105 Å². The molecule has 2 N–H and O–H groups in total. The number of nitrogens with two attached hydrogens (primary N) is 1. The lowest BCUT2D eigenvalue weighted by molar-refractivity contribution is -0.132. The van der Waals surface area contributed by atoms with Gasteiger partial charge in [-0.2, -0.15) is 4.99 Å². The summed E-state index contributed by atoms with van der Waals surface area (Å²) in [6.45, 7) is 0. The number of aryl methyl sites for hydroxylation is 1. The van der Waals surface area contributed by atoms with Crippen LogP contribution in [-0.2, 0) is 21.6 Å². The minimum atomic E-state index is -0.996. The second kappa shape index (κ2) is 3.73. The van der Waals surface area contributed by atoms with Crippen molar-refractivity contribution in [3.63, 3.8) is 0 Å². The zero-order valence-electron chi connectivity index (χ0n) is 10.1. The van der Waals surface area contributed by atoms with Gasteiger partial charge in [0.05, 0.1) is 7.11 Å². The molecule has 1 spiro atoms. The van der Waals surface area contributed by atoms with Crippen LogP contribution in [0.2, 0.25) is 0 Å². The van der Waals surface area contributed by atoms with Crippen molar-refractivity contribution in [2.75, 3.05) is 7.11 Å². The first-order valence-corrected chi connectivity index (χ1v) is 5.91. The molecule has 1 aliphatic carbocycles. The first kappa shape index (κ1) is 11.1. The summed E-state index contributed by atoms with van der Waals surface area (Å²) in [7, 11) is 1.62. The smallest absolute Gasteiger partial charge is 0.299 e. The molecule has 0 radical (unpaired) electrons. The first-order valence-electron chi connectivity index (χ1n) is 5.91. The number of methoxy groups -OCH3 is 1. The van der Waals surface area contributed by atoms with Crippen molar-refractivity contribution in [2.24, 2.45) is 10.7 Å². The van der Waals surface area contributed by atoms with Gasteiger partial charge in [-0.1, -0.05) is 6.07 Å². The molecule has 0 saturated heterocycles. The molecule has 1 aromatic rings. The van der Waals surface area contributed by atoms with Crippen molar-refractivity contribution in [1.82, 2.24) is 0 Å². The number of ether oxygens (including phenoxy) is 2. The van der Waals surface area contributed by atoms with Crippen molar-refractivity contribution in [1.29, 1.82) is 0 Å². The summed E-state index contributed by atoms with van der Waals surface area (Å²) in [5.74, 6) is 0.483. The molecule has 1 atom stereocenters. The van der Waals surface area contributed by atoms with Gasteiger partial charge in [0.15, 0.2) is 0 Å². The Bertz CT molecular complexity index is 553. The number of amides is 1. The normalized spacial score (nSPS) is 25.6. The summed E-state index contributed by atoms with van der Waals surface area (Å²) in [5, 5.41) is 0. The van der Waals surface area contributed by atoms with Crippen LogP contribution in [0, 0.1) is 0 Å². The van der Waals surface area contributed by atoms with Crippen molar-refractivity contribution in [2.45, 2.75) is 24.9 Å². The van der Waals surface area contributed by atoms with E-state index in [-0.39, 0.29) is 11.9 Å². The fourth-order valence-electron chi connectivity index (χ4n) is 2.72. The van der Waals surface area contributed by atoms with Crippen LogP contribution in [0.4, 0.5) is 0 Å². The minimum absolute atomic E-state index is 0.0383. The number of amidine groups is 1. The molecule has 18 heavy (non-hydrogen) atoms. The average Bonchev–Trinajstić information content (AvgIpc) is 2.64. The van der Waals surface area contributed by atoms with E-state index in [4.69, 9.17) is 15.2 Å². The van der Waals surface area contributed by atoms with Gasteiger partial charge in [-0.05, 0) is 30.5 Å². The van der Waals surface area contributed by atoms with E-state index in [1.807, 2.05) is 18.2 Å². The largest absolute Gasteiger partial charge is 0.497 e. The predicted octanol–water partition coefficient (Wildman–Crippen LogP) is 1.10. The highest BCUT2D eigenvalue weighted by molar-refractivity contribution is 6.01. The number of fused-ring (bicyclic) bond motifs is 2. The fraction of sp³-hybridized carbons (Fsp3) is 0.385. The number of carbonyl (C=O) groups is 1. The van der Waals surface area contributed by atoms with Crippen LogP contribution in [0.15, 0.2) is 23.2 Å². The van der Waals surface area contributed by atoms with E-state index in [1.165, 1.54) is 0 Å². The maximum Gasteiger partial charge on any atom is 0.299 e. The van der Waals surface area contributed by atoms with Crippen LogP contribution in [0.3, 0.4) is 0 Å². The number of hydrogen-bond acceptors (Lipinski definition) is 4. The quantitative estimate of drug-likeness (QED) is 0.805. The van der Waals surface area contributed by atoms with E-state index >= 15 is 0 Å². The van der Waals surface area contributed by atoms with Gasteiger partial charge < -0.3 is 15.2 Å². The van der Waals surface area contributed by atoms with E-state index < -0.39 is 5.60 Å². The zero-order chi connectivity index (χ0) is 12.8. The molecule has 0 fully saturated rings. The van der Waals surface area contributed by atoms with Crippen LogP contribution in [0.5, 0.6) is 5.75 Å². The summed E-state index contributed by atoms with van der Waals surface area (Å²) < 4.78 is 10.7. The molecule has 1 amide bonds. The molecule has 0 bridgehead atoms. The molecule has 2 aliphatic rings. The third-order valence-corrected chi connectivity index (χ3v) is 3.56. The highest BCUT2D eigenvalue weighted by Gasteiger charge is 2.50. The Kier molecular flexibility index (Phi) is 2.29. The minimum Gasteiger partial charge on any atom is -0.497 e. The number of benzene rings is 1. The Morgan fingerprint density at radius 1 is 1.50 bits per heavy atom. The lowest BCUT2D eigenvalue weighted by Gasteiger charge is -2.32. The SMILES string of the molecule is COc1ccc2c(c1)CCCC21OC(N)=NC1=O. The number of aliphatic imine (C=N–C) groups is 1. The van der Waals surface area contributed by atoms with Crippen LogP contribution >= 0.6 is 0 Å². The first-order chi connectivity index (χ1) is 8.65. The Hall–Kier alpha value is -2.04. The number of rotatable bonds is 1. The molecule has 0 saturated carbocycles. The lowest BCUT2D eigenvalue weighted by atomic mass is 9.78. The molecular formula is C13H14N2O3. The number of carbonyl (C=O) groups excluding carboxylic acids is 1. The zero-order valence-corrected chi connectivity index (χ0v) is 10.1. The van der Waals surface area contributed by atoms with E-state index in [1.54, 1.807) is 7.11 Å². The van der Waals surface area contributed by atoms with Gasteiger partial charge in [-0.25, -0.2) is 0 Å². The molecule has 0 aromatic heterocycles. The highest BCUT2D eigenvalue weighted by atomic mass is 16.5. The summed E-state index contributed by atoms with van der Waals surface area (Å²) in [5.41, 5.74) is 6.46. The van der Waals surface area contributed by atoms with Crippen molar-refractivity contribution >= 4 is 11.9 Å². The second-order valence-corrected chi connectivity index (χ2v) is 4.56. The number of nitrogens with zero attached hydrogens (tertiary/aromatic N) is 1. The van der Waals surface area contributed by atoms with Crippen molar-refractivity contribution in [3.8, 4) is 5.75 Å². The molecule has 1 aliphatic heterocycles.